The minimum atomic E-state index is -0.173. The van der Waals surface area contributed by atoms with Crippen molar-refractivity contribution in [1.82, 2.24) is 10.1 Å². The Morgan fingerprint density at radius 1 is 1.30 bits per heavy atom. The Balaban J connectivity index is 1.51. The van der Waals surface area contributed by atoms with Gasteiger partial charge in [-0.3, -0.25) is 9.59 Å². The number of nitrogens with zero attached hydrogens (tertiary/aromatic N) is 2. The lowest BCUT2D eigenvalue weighted by molar-refractivity contribution is -0.143. The van der Waals surface area contributed by atoms with E-state index in [-0.39, 0.29) is 23.1 Å². The standard InChI is InChI=1S/C17H25N3O3/c1-12-11-14(19-23-12)18-15(21)13-5-9-20(10-6-13)16(22)17(2)7-3-4-8-17/h11,13H,3-10H2,1-2H3,(H,18,19,21). The van der Waals surface area contributed by atoms with Gasteiger partial charge < -0.3 is 14.7 Å². The van der Waals surface area contributed by atoms with E-state index in [1.165, 1.54) is 0 Å². The van der Waals surface area contributed by atoms with E-state index in [0.29, 0.717) is 37.5 Å². The Morgan fingerprint density at radius 2 is 1.96 bits per heavy atom. The number of anilines is 1. The molecule has 1 N–H and O–H groups in total. The van der Waals surface area contributed by atoms with Gasteiger partial charge in [-0.1, -0.05) is 24.9 Å². The van der Waals surface area contributed by atoms with Crippen LogP contribution in [0.5, 0.6) is 0 Å². The SMILES string of the molecule is Cc1cc(NC(=O)C2CCN(C(=O)C3(C)CCCC3)CC2)no1. The molecule has 2 heterocycles. The molecule has 126 valence electrons. The Hall–Kier alpha value is -1.85. The molecule has 0 spiro atoms. The van der Waals surface area contributed by atoms with Crippen molar-refractivity contribution in [2.75, 3.05) is 18.4 Å². The van der Waals surface area contributed by atoms with Crippen molar-refractivity contribution in [2.24, 2.45) is 11.3 Å². The maximum absolute atomic E-state index is 12.7. The molecule has 6 nitrogen and oxygen atoms in total. The highest BCUT2D eigenvalue weighted by atomic mass is 16.5. The van der Waals surface area contributed by atoms with Crippen LogP contribution in [-0.2, 0) is 9.59 Å². The summed E-state index contributed by atoms with van der Waals surface area (Å²) in [5.74, 6) is 1.32. The number of nitrogens with one attached hydrogen (secondary N) is 1. The zero-order valence-corrected chi connectivity index (χ0v) is 13.9. The highest BCUT2D eigenvalue weighted by molar-refractivity contribution is 5.92. The van der Waals surface area contributed by atoms with Crippen LogP contribution in [0, 0.1) is 18.3 Å². The van der Waals surface area contributed by atoms with Gasteiger partial charge in [0, 0.05) is 30.5 Å². The van der Waals surface area contributed by atoms with Crippen molar-refractivity contribution in [1.29, 1.82) is 0 Å². The minimum absolute atomic E-state index is 0.0301. The number of hydrogen-bond acceptors (Lipinski definition) is 4. The van der Waals surface area contributed by atoms with Crippen molar-refractivity contribution in [3.63, 3.8) is 0 Å². The molecule has 1 aromatic heterocycles. The third kappa shape index (κ3) is 3.41. The third-order valence-electron chi connectivity index (χ3n) is 5.26. The summed E-state index contributed by atoms with van der Waals surface area (Å²) in [5, 5.41) is 6.58. The Bertz CT molecular complexity index is 582. The van der Waals surface area contributed by atoms with Crippen molar-refractivity contribution in [3.05, 3.63) is 11.8 Å². The van der Waals surface area contributed by atoms with Crippen LogP contribution in [0.3, 0.4) is 0 Å². The smallest absolute Gasteiger partial charge is 0.228 e. The average Bonchev–Trinajstić information content (AvgIpc) is 3.16. The molecule has 1 aromatic rings. The molecule has 6 heteroatoms. The summed E-state index contributed by atoms with van der Waals surface area (Å²) in [6.07, 6.45) is 5.72. The summed E-state index contributed by atoms with van der Waals surface area (Å²) < 4.78 is 4.95. The average molecular weight is 319 g/mol. The zero-order chi connectivity index (χ0) is 16.4. The van der Waals surface area contributed by atoms with E-state index < -0.39 is 0 Å². The molecule has 0 radical (unpaired) electrons. The Morgan fingerprint density at radius 3 is 2.52 bits per heavy atom. The summed E-state index contributed by atoms with van der Waals surface area (Å²) in [7, 11) is 0. The van der Waals surface area contributed by atoms with Crippen LogP contribution in [0.25, 0.3) is 0 Å². The first-order valence-corrected chi connectivity index (χ1v) is 8.51. The van der Waals surface area contributed by atoms with Gasteiger partial charge >= 0.3 is 0 Å². The second kappa shape index (κ2) is 6.34. The summed E-state index contributed by atoms with van der Waals surface area (Å²) in [6, 6.07) is 1.71. The molecular weight excluding hydrogens is 294 g/mol. The molecule has 2 fully saturated rings. The minimum Gasteiger partial charge on any atom is -0.360 e. The number of carbonyl (C=O) groups excluding carboxylic acids is 2. The van der Waals surface area contributed by atoms with Gasteiger partial charge in [0.25, 0.3) is 0 Å². The Labute approximate surface area is 136 Å². The summed E-state index contributed by atoms with van der Waals surface area (Å²) in [4.78, 5) is 26.9. The highest BCUT2D eigenvalue weighted by Crippen LogP contribution is 2.39. The molecule has 2 amide bonds. The maximum Gasteiger partial charge on any atom is 0.228 e. The lowest BCUT2D eigenvalue weighted by Crippen LogP contribution is -2.46. The van der Waals surface area contributed by atoms with Gasteiger partial charge in [-0.2, -0.15) is 0 Å². The number of amides is 2. The van der Waals surface area contributed by atoms with E-state index in [1.54, 1.807) is 13.0 Å². The van der Waals surface area contributed by atoms with E-state index in [4.69, 9.17) is 4.52 Å². The van der Waals surface area contributed by atoms with Gasteiger partial charge in [0.05, 0.1) is 0 Å². The van der Waals surface area contributed by atoms with Crippen LogP contribution in [-0.4, -0.2) is 35.0 Å². The van der Waals surface area contributed by atoms with Crippen LogP contribution >= 0.6 is 0 Å². The Kier molecular flexibility index (Phi) is 4.41. The van der Waals surface area contributed by atoms with Crippen LogP contribution in [0.1, 0.15) is 51.2 Å². The van der Waals surface area contributed by atoms with Gasteiger partial charge in [-0.15, -0.1) is 0 Å². The topological polar surface area (TPSA) is 75.4 Å². The van der Waals surface area contributed by atoms with E-state index in [1.807, 2.05) is 4.90 Å². The van der Waals surface area contributed by atoms with Gasteiger partial charge in [0.1, 0.15) is 5.76 Å². The van der Waals surface area contributed by atoms with Crippen molar-refractivity contribution in [2.45, 2.75) is 52.4 Å². The number of likely N-dealkylation sites (tertiary alicyclic amines) is 1. The van der Waals surface area contributed by atoms with Gasteiger partial charge in [0.2, 0.25) is 11.8 Å². The van der Waals surface area contributed by atoms with Crippen LogP contribution < -0.4 is 5.32 Å². The van der Waals surface area contributed by atoms with Crippen molar-refractivity contribution in [3.8, 4) is 0 Å². The first-order valence-electron chi connectivity index (χ1n) is 8.51. The van der Waals surface area contributed by atoms with Gasteiger partial charge in [-0.05, 0) is 32.6 Å². The fourth-order valence-electron chi connectivity index (χ4n) is 3.75. The molecule has 1 saturated heterocycles. The number of aromatic nitrogens is 1. The summed E-state index contributed by atoms with van der Waals surface area (Å²) in [6.45, 7) is 5.22. The zero-order valence-electron chi connectivity index (χ0n) is 13.9. The molecule has 0 bridgehead atoms. The van der Waals surface area contributed by atoms with E-state index >= 15 is 0 Å². The number of carbonyl (C=O) groups is 2. The number of hydrogen-bond donors (Lipinski definition) is 1. The van der Waals surface area contributed by atoms with Crippen LogP contribution in [0.4, 0.5) is 5.82 Å². The molecule has 1 aliphatic heterocycles. The molecule has 3 rings (SSSR count). The van der Waals surface area contributed by atoms with Crippen molar-refractivity contribution >= 4 is 17.6 Å². The molecule has 1 saturated carbocycles. The lowest BCUT2D eigenvalue weighted by Gasteiger charge is -2.36. The number of aryl methyl sites for hydroxylation is 1. The van der Waals surface area contributed by atoms with E-state index in [9.17, 15) is 9.59 Å². The van der Waals surface area contributed by atoms with E-state index in [0.717, 1.165) is 25.7 Å². The van der Waals surface area contributed by atoms with E-state index in [2.05, 4.69) is 17.4 Å². The first-order chi connectivity index (χ1) is 11.0. The fraction of sp³-hybridized carbons (Fsp3) is 0.706. The highest BCUT2D eigenvalue weighted by Gasteiger charge is 2.40. The predicted molar refractivity (Wildman–Crippen MR) is 85.7 cm³/mol. The number of piperidine rings is 1. The van der Waals surface area contributed by atoms with Crippen LogP contribution in [0.15, 0.2) is 10.6 Å². The fourth-order valence-corrected chi connectivity index (χ4v) is 3.75. The quantitative estimate of drug-likeness (QED) is 0.929. The molecule has 2 aliphatic rings. The summed E-state index contributed by atoms with van der Waals surface area (Å²) in [5.41, 5.74) is -0.173. The van der Waals surface area contributed by atoms with Gasteiger partial charge in [-0.25, -0.2) is 0 Å². The second-order valence-electron chi connectivity index (χ2n) is 7.15. The normalized spacial score (nSPS) is 21.4. The third-order valence-corrected chi connectivity index (χ3v) is 5.26. The molecule has 0 aromatic carbocycles. The molecule has 0 unspecified atom stereocenters. The lowest BCUT2D eigenvalue weighted by atomic mass is 9.85. The van der Waals surface area contributed by atoms with Gasteiger partial charge in [0.15, 0.2) is 5.82 Å². The second-order valence-corrected chi connectivity index (χ2v) is 7.15. The van der Waals surface area contributed by atoms with Crippen molar-refractivity contribution < 1.29 is 14.1 Å². The maximum atomic E-state index is 12.7. The largest absolute Gasteiger partial charge is 0.360 e. The number of rotatable bonds is 3. The van der Waals surface area contributed by atoms with Crippen LogP contribution in [0.2, 0.25) is 0 Å². The predicted octanol–water partition coefficient (Wildman–Crippen LogP) is 2.74. The molecule has 1 aliphatic carbocycles. The summed E-state index contributed by atoms with van der Waals surface area (Å²) >= 11 is 0. The first kappa shape index (κ1) is 16.0. The monoisotopic (exact) mass is 319 g/mol. The molecular formula is C17H25N3O3. The molecule has 0 atom stereocenters. The molecule has 23 heavy (non-hydrogen) atoms.